The third kappa shape index (κ3) is 2.22. The van der Waals surface area contributed by atoms with E-state index in [9.17, 15) is 4.79 Å². The van der Waals surface area contributed by atoms with E-state index in [4.69, 9.17) is 5.84 Å². The third-order valence-corrected chi connectivity index (χ3v) is 3.21. The molecule has 2 rings (SSSR count). The minimum atomic E-state index is -0.242. The average Bonchev–Trinajstić information content (AvgIpc) is 2.39. The highest BCUT2D eigenvalue weighted by molar-refractivity contribution is 5.94. The maximum atomic E-state index is 11.6. The fourth-order valence-electron chi connectivity index (χ4n) is 2.39. The number of hydrogen-bond acceptors (Lipinski definition) is 3. The average molecular weight is 219 g/mol. The van der Waals surface area contributed by atoms with Crippen LogP contribution in [-0.4, -0.2) is 10.9 Å². The number of hydrogen-bond donors (Lipinski definition) is 2. The molecule has 1 aromatic rings. The molecule has 4 nitrogen and oxygen atoms in total. The number of rotatable bonds is 2. The van der Waals surface area contributed by atoms with Crippen molar-refractivity contribution in [3.8, 4) is 0 Å². The molecule has 1 aliphatic carbocycles. The first-order valence-corrected chi connectivity index (χ1v) is 5.79. The summed E-state index contributed by atoms with van der Waals surface area (Å²) in [4.78, 5) is 16.0. The Hall–Kier alpha value is -1.42. The maximum absolute atomic E-state index is 11.6. The van der Waals surface area contributed by atoms with E-state index in [0.29, 0.717) is 11.5 Å². The Bertz CT molecular complexity index is 372. The predicted octanol–water partition coefficient (Wildman–Crippen LogP) is 1.73. The van der Waals surface area contributed by atoms with E-state index in [0.717, 1.165) is 18.5 Å². The number of nitrogens with two attached hydrogens (primary N) is 1. The summed E-state index contributed by atoms with van der Waals surface area (Å²) >= 11 is 0. The van der Waals surface area contributed by atoms with Crippen LogP contribution in [0.3, 0.4) is 0 Å². The fourth-order valence-corrected chi connectivity index (χ4v) is 2.39. The summed E-state index contributed by atoms with van der Waals surface area (Å²) < 4.78 is 0. The van der Waals surface area contributed by atoms with Gasteiger partial charge in [0.25, 0.3) is 5.91 Å². The molecule has 3 N–H and O–H groups in total. The number of amides is 1. The summed E-state index contributed by atoms with van der Waals surface area (Å²) in [7, 11) is 0. The molecule has 0 bridgehead atoms. The van der Waals surface area contributed by atoms with Crippen LogP contribution < -0.4 is 11.3 Å². The highest BCUT2D eigenvalue weighted by Crippen LogP contribution is 2.32. The van der Waals surface area contributed by atoms with E-state index in [1.807, 2.05) is 0 Å². The van der Waals surface area contributed by atoms with Crippen LogP contribution >= 0.6 is 0 Å². The molecular weight excluding hydrogens is 202 g/mol. The number of nitrogens with one attached hydrogen (secondary N) is 1. The molecule has 4 heteroatoms. The molecule has 1 saturated carbocycles. The van der Waals surface area contributed by atoms with Gasteiger partial charge in [0.2, 0.25) is 0 Å². The summed E-state index contributed by atoms with van der Waals surface area (Å²) in [5.41, 5.74) is 3.71. The van der Waals surface area contributed by atoms with Crippen LogP contribution in [-0.2, 0) is 0 Å². The molecule has 0 atom stereocenters. The Kier molecular flexibility index (Phi) is 3.51. The van der Waals surface area contributed by atoms with Gasteiger partial charge in [0, 0.05) is 12.1 Å². The molecule has 0 unspecified atom stereocenters. The Morgan fingerprint density at radius 3 is 2.81 bits per heavy atom. The summed E-state index contributed by atoms with van der Waals surface area (Å²) in [6.45, 7) is 0. The number of nitrogens with zero attached hydrogens (tertiary/aromatic N) is 1. The molecule has 1 fully saturated rings. The van der Waals surface area contributed by atoms with Gasteiger partial charge >= 0.3 is 0 Å². The number of aromatic nitrogens is 1. The molecule has 1 amide bonds. The lowest BCUT2D eigenvalue weighted by Crippen LogP contribution is -2.31. The smallest absolute Gasteiger partial charge is 0.267 e. The number of carbonyl (C=O) groups is 1. The fraction of sp³-hybridized carbons (Fsp3) is 0.500. The minimum absolute atomic E-state index is 0.242. The number of hydrazine groups is 1. The van der Waals surface area contributed by atoms with Gasteiger partial charge in [0.15, 0.2) is 0 Å². The first-order chi connectivity index (χ1) is 7.83. The van der Waals surface area contributed by atoms with E-state index >= 15 is 0 Å². The molecule has 16 heavy (non-hydrogen) atoms. The van der Waals surface area contributed by atoms with Gasteiger partial charge < -0.3 is 0 Å². The second kappa shape index (κ2) is 5.07. The molecule has 1 heterocycles. The molecule has 0 radical (unpaired) electrons. The van der Waals surface area contributed by atoms with Gasteiger partial charge in [-0.2, -0.15) is 0 Å². The van der Waals surface area contributed by atoms with Crippen LogP contribution in [0.2, 0.25) is 0 Å². The van der Waals surface area contributed by atoms with Gasteiger partial charge in [-0.3, -0.25) is 15.2 Å². The second-order valence-electron chi connectivity index (χ2n) is 4.24. The molecular formula is C12H17N3O. The number of nitrogen functional groups attached to an aromatic ring is 1. The molecule has 0 saturated heterocycles. The van der Waals surface area contributed by atoms with Crippen molar-refractivity contribution in [2.45, 2.75) is 38.0 Å². The summed E-state index contributed by atoms with van der Waals surface area (Å²) in [5.74, 6) is 5.35. The van der Waals surface area contributed by atoms with Crippen molar-refractivity contribution in [3.05, 3.63) is 29.6 Å². The molecule has 0 aliphatic heterocycles. The van der Waals surface area contributed by atoms with E-state index in [1.165, 1.54) is 19.3 Å². The van der Waals surface area contributed by atoms with E-state index < -0.39 is 0 Å². The van der Waals surface area contributed by atoms with Crippen molar-refractivity contribution in [2.75, 3.05) is 0 Å². The van der Waals surface area contributed by atoms with Gasteiger partial charge in [-0.05, 0) is 25.0 Å². The Balaban J connectivity index is 2.28. The van der Waals surface area contributed by atoms with Gasteiger partial charge in [-0.1, -0.05) is 19.3 Å². The monoisotopic (exact) mass is 219 g/mol. The van der Waals surface area contributed by atoms with Gasteiger partial charge in [-0.15, -0.1) is 0 Å². The van der Waals surface area contributed by atoms with Crippen LogP contribution in [0.4, 0.5) is 0 Å². The van der Waals surface area contributed by atoms with Crippen molar-refractivity contribution in [1.29, 1.82) is 0 Å². The van der Waals surface area contributed by atoms with Crippen molar-refractivity contribution >= 4 is 5.91 Å². The lowest BCUT2D eigenvalue weighted by atomic mass is 9.85. The van der Waals surface area contributed by atoms with Crippen molar-refractivity contribution in [1.82, 2.24) is 10.4 Å². The van der Waals surface area contributed by atoms with Gasteiger partial charge in [0.1, 0.15) is 0 Å². The van der Waals surface area contributed by atoms with E-state index in [1.54, 1.807) is 18.3 Å². The Morgan fingerprint density at radius 1 is 1.38 bits per heavy atom. The number of pyridine rings is 1. The lowest BCUT2D eigenvalue weighted by molar-refractivity contribution is 0.0951. The zero-order valence-corrected chi connectivity index (χ0v) is 9.28. The predicted molar refractivity (Wildman–Crippen MR) is 61.7 cm³/mol. The summed E-state index contributed by atoms with van der Waals surface area (Å²) in [6.07, 6.45) is 7.75. The molecule has 0 aromatic carbocycles. The van der Waals surface area contributed by atoms with Crippen LogP contribution in [0.25, 0.3) is 0 Å². The molecule has 1 aliphatic rings. The van der Waals surface area contributed by atoms with Gasteiger partial charge in [0.05, 0.1) is 11.3 Å². The maximum Gasteiger partial charge on any atom is 0.267 e. The van der Waals surface area contributed by atoms with E-state index in [2.05, 4.69) is 10.4 Å². The number of carbonyl (C=O) groups excluding carboxylic acids is 1. The van der Waals surface area contributed by atoms with Gasteiger partial charge in [-0.25, -0.2) is 5.84 Å². The third-order valence-electron chi connectivity index (χ3n) is 3.21. The van der Waals surface area contributed by atoms with Crippen LogP contribution in [0, 0.1) is 0 Å². The highest BCUT2D eigenvalue weighted by atomic mass is 16.2. The first-order valence-electron chi connectivity index (χ1n) is 5.79. The zero-order chi connectivity index (χ0) is 11.4. The quantitative estimate of drug-likeness (QED) is 0.452. The second-order valence-corrected chi connectivity index (χ2v) is 4.24. The Labute approximate surface area is 95.2 Å². The molecule has 1 aromatic heterocycles. The zero-order valence-electron chi connectivity index (χ0n) is 9.28. The first kappa shape index (κ1) is 11.1. The molecule has 0 spiro atoms. The van der Waals surface area contributed by atoms with Crippen LogP contribution in [0.15, 0.2) is 18.3 Å². The van der Waals surface area contributed by atoms with E-state index in [-0.39, 0.29) is 5.91 Å². The normalized spacial score (nSPS) is 17.1. The topological polar surface area (TPSA) is 68.0 Å². The standard InChI is InChI=1S/C12H17N3O/c13-15-12(16)10-7-4-8-14-11(10)9-5-2-1-3-6-9/h4,7-9H,1-3,5-6,13H2,(H,15,16). The van der Waals surface area contributed by atoms with Crippen LogP contribution in [0.1, 0.15) is 54.1 Å². The van der Waals surface area contributed by atoms with Crippen LogP contribution in [0.5, 0.6) is 0 Å². The lowest BCUT2D eigenvalue weighted by Gasteiger charge is -2.22. The Morgan fingerprint density at radius 2 is 2.12 bits per heavy atom. The SMILES string of the molecule is NNC(=O)c1cccnc1C1CCCCC1. The van der Waals surface area contributed by atoms with Crippen molar-refractivity contribution in [3.63, 3.8) is 0 Å². The molecule has 86 valence electrons. The minimum Gasteiger partial charge on any atom is -0.290 e. The summed E-state index contributed by atoms with van der Waals surface area (Å²) in [6, 6.07) is 3.57. The highest BCUT2D eigenvalue weighted by Gasteiger charge is 2.21. The largest absolute Gasteiger partial charge is 0.290 e. The van der Waals surface area contributed by atoms with Crippen molar-refractivity contribution < 1.29 is 4.79 Å². The summed E-state index contributed by atoms with van der Waals surface area (Å²) in [5, 5.41) is 0. The van der Waals surface area contributed by atoms with Crippen molar-refractivity contribution in [2.24, 2.45) is 5.84 Å².